The highest BCUT2D eigenvalue weighted by molar-refractivity contribution is 7.99. The number of thioether (sulfide) groups is 1. The minimum Gasteiger partial charge on any atom is -0.353 e. The highest BCUT2D eigenvalue weighted by Crippen LogP contribution is 2.21. The van der Waals surface area contributed by atoms with Gasteiger partial charge in [0.05, 0.1) is 0 Å². The van der Waals surface area contributed by atoms with Crippen molar-refractivity contribution in [2.45, 2.75) is 49.1 Å². The molecule has 0 spiro atoms. The van der Waals surface area contributed by atoms with Crippen molar-refractivity contribution in [2.24, 2.45) is 5.73 Å². The quantitative estimate of drug-likeness (QED) is 0.821. The van der Waals surface area contributed by atoms with E-state index in [-0.39, 0.29) is 5.91 Å². The summed E-state index contributed by atoms with van der Waals surface area (Å²) < 4.78 is 0. The fourth-order valence-electron chi connectivity index (χ4n) is 2.36. The second-order valence-corrected chi connectivity index (χ2v) is 6.84. The highest BCUT2D eigenvalue weighted by Gasteiger charge is 2.19. The molecule has 1 aromatic carbocycles. The molecule has 1 aromatic rings. The predicted octanol–water partition coefficient (Wildman–Crippen LogP) is 3.21. The van der Waals surface area contributed by atoms with E-state index in [1.54, 1.807) is 11.8 Å². The van der Waals surface area contributed by atoms with E-state index >= 15 is 0 Å². The zero-order valence-corrected chi connectivity index (χ0v) is 13.1. The summed E-state index contributed by atoms with van der Waals surface area (Å²) in [5, 5.41) is 3.84. The Hall–Kier alpha value is -0.710. The molecule has 1 fully saturated rings. The van der Waals surface area contributed by atoms with Crippen LogP contribution in [0.2, 0.25) is 5.02 Å². The number of benzene rings is 1. The first-order valence-electron chi connectivity index (χ1n) is 7.07. The normalized spacial score (nSPS) is 22.5. The zero-order valence-electron chi connectivity index (χ0n) is 11.5. The van der Waals surface area contributed by atoms with Crippen molar-refractivity contribution in [3.63, 3.8) is 0 Å². The standard InChI is InChI=1S/C15H21ClN2OS/c16-11-1-7-14(8-2-11)20-10-9-15(19)18-13-5-3-12(17)4-6-13/h1-2,7-8,12-13H,3-6,9-10,17H2,(H,18,19). The maximum absolute atomic E-state index is 11.9. The van der Waals surface area contributed by atoms with E-state index in [2.05, 4.69) is 5.32 Å². The Labute approximate surface area is 129 Å². The van der Waals surface area contributed by atoms with E-state index in [4.69, 9.17) is 17.3 Å². The van der Waals surface area contributed by atoms with Crippen molar-refractivity contribution >= 4 is 29.3 Å². The van der Waals surface area contributed by atoms with Gasteiger partial charge in [0, 0.05) is 34.2 Å². The predicted molar refractivity (Wildman–Crippen MR) is 85.2 cm³/mol. The van der Waals surface area contributed by atoms with Crippen molar-refractivity contribution in [3.8, 4) is 0 Å². The Morgan fingerprint density at radius 2 is 1.90 bits per heavy atom. The molecule has 1 saturated carbocycles. The number of hydrogen-bond donors (Lipinski definition) is 2. The Morgan fingerprint density at radius 1 is 1.25 bits per heavy atom. The molecule has 3 nitrogen and oxygen atoms in total. The van der Waals surface area contributed by atoms with E-state index in [9.17, 15) is 4.79 Å². The highest BCUT2D eigenvalue weighted by atomic mass is 35.5. The van der Waals surface area contributed by atoms with Crippen LogP contribution in [0.4, 0.5) is 0 Å². The molecule has 1 aliphatic rings. The third-order valence-electron chi connectivity index (χ3n) is 3.55. The van der Waals surface area contributed by atoms with Gasteiger partial charge in [-0.05, 0) is 49.9 Å². The van der Waals surface area contributed by atoms with Crippen molar-refractivity contribution in [1.82, 2.24) is 5.32 Å². The van der Waals surface area contributed by atoms with Crippen molar-refractivity contribution in [2.75, 3.05) is 5.75 Å². The molecule has 0 saturated heterocycles. The molecule has 0 unspecified atom stereocenters. The van der Waals surface area contributed by atoms with Crippen LogP contribution in [0.1, 0.15) is 32.1 Å². The van der Waals surface area contributed by atoms with Gasteiger partial charge in [0.25, 0.3) is 0 Å². The first-order chi connectivity index (χ1) is 9.63. The largest absolute Gasteiger partial charge is 0.353 e. The Kier molecular flexibility index (Phi) is 6.20. The summed E-state index contributed by atoms with van der Waals surface area (Å²) >= 11 is 7.51. The molecule has 1 amide bonds. The van der Waals surface area contributed by atoms with Crippen LogP contribution in [-0.2, 0) is 4.79 Å². The van der Waals surface area contributed by atoms with Crippen LogP contribution >= 0.6 is 23.4 Å². The average Bonchev–Trinajstić information content (AvgIpc) is 2.44. The van der Waals surface area contributed by atoms with Gasteiger partial charge >= 0.3 is 0 Å². The van der Waals surface area contributed by atoms with Crippen LogP contribution in [0.25, 0.3) is 0 Å². The van der Waals surface area contributed by atoms with Gasteiger partial charge in [-0.25, -0.2) is 0 Å². The smallest absolute Gasteiger partial charge is 0.221 e. The van der Waals surface area contributed by atoms with E-state index < -0.39 is 0 Å². The zero-order chi connectivity index (χ0) is 14.4. The van der Waals surface area contributed by atoms with Crippen LogP contribution in [-0.4, -0.2) is 23.7 Å². The molecular formula is C15H21ClN2OS. The summed E-state index contributed by atoms with van der Waals surface area (Å²) in [4.78, 5) is 13.0. The molecule has 0 bridgehead atoms. The summed E-state index contributed by atoms with van der Waals surface area (Å²) in [5.41, 5.74) is 5.86. The molecular weight excluding hydrogens is 292 g/mol. The lowest BCUT2D eigenvalue weighted by Gasteiger charge is -2.26. The molecule has 110 valence electrons. The number of halogens is 1. The van der Waals surface area contributed by atoms with Gasteiger partial charge in [0.15, 0.2) is 0 Å². The Bertz CT molecular complexity index is 430. The van der Waals surface area contributed by atoms with Gasteiger partial charge in [-0.15, -0.1) is 11.8 Å². The fraction of sp³-hybridized carbons (Fsp3) is 0.533. The SMILES string of the molecule is NC1CCC(NC(=O)CCSc2ccc(Cl)cc2)CC1. The third kappa shape index (κ3) is 5.35. The summed E-state index contributed by atoms with van der Waals surface area (Å²) in [6.07, 6.45) is 4.61. The van der Waals surface area contributed by atoms with E-state index in [0.717, 1.165) is 41.4 Å². The number of carbonyl (C=O) groups is 1. The lowest BCUT2D eigenvalue weighted by molar-refractivity contribution is -0.121. The molecule has 3 N–H and O–H groups in total. The van der Waals surface area contributed by atoms with Gasteiger partial charge < -0.3 is 11.1 Å². The van der Waals surface area contributed by atoms with E-state index in [1.165, 1.54) is 0 Å². The molecule has 0 radical (unpaired) electrons. The van der Waals surface area contributed by atoms with Crippen molar-refractivity contribution in [1.29, 1.82) is 0 Å². The minimum absolute atomic E-state index is 0.145. The molecule has 5 heteroatoms. The van der Waals surface area contributed by atoms with Gasteiger partial charge in [-0.1, -0.05) is 11.6 Å². The van der Waals surface area contributed by atoms with E-state index in [0.29, 0.717) is 18.5 Å². The lowest BCUT2D eigenvalue weighted by atomic mass is 9.92. The monoisotopic (exact) mass is 312 g/mol. The van der Waals surface area contributed by atoms with Crippen LogP contribution in [0.5, 0.6) is 0 Å². The minimum atomic E-state index is 0.145. The molecule has 0 aliphatic heterocycles. The number of nitrogens with two attached hydrogens (primary N) is 1. The third-order valence-corrected chi connectivity index (χ3v) is 4.81. The number of amides is 1. The van der Waals surface area contributed by atoms with Gasteiger partial charge in [0.2, 0.25) is 5.91 Å². The summed E-state index contributed by atoms with van der Waals surface area (Å²) in [6, 6.07) is 8.34. The van der Waals surface area contributed by atoms with E-state index in [1.807, 2.05) is 24.3 Å². The summed E-state index contributed by atoms with van der Waals surface area (Å²) in [5.74, 6) is 0.937. The second kappa shape index (κ2) is 7.91. The lowest BCUT2D eigenvalue weighted by Crippen LogP contribution is -2.40. The number of hydrogen-bond acceptors (Lipinski definition) is 3. The number of carbonyl (C=O) groups excluding carboxylic acids is 1. The first kappa shape index (κ1) is 15.7. The van der Waals surface area contributed by atoms with Crippen LogP contribution in [0, 0.1) is 0 Å². The summed E-state index contributed by atoms with van der Waals surface area (Å²) in [7, 11) is 0. The Morgan fingerprint density at radius 3 is 2.55 bits per heavy atom. The number of rotatable bonds is 5. The average molecular weight is 313 g/mol. The first-order valence-corrected chi connectivity index (χ1v) is 8.43. The van der Waals surface area contributed by atoms with Gasteiger partial charge in [-0.3, -0.25) is 4.79 Å². The fourth-order valence-corrected chi connectivity index (χ4v) is 3.33. The summed E-state index contributed by atoms with van der Waals surface area (Å²) in [6.45, 7) is 0. The van der Waals surface area contributed by atoms with Gasteiger partial charge in [-0.2, -0.15) is 0 Å². The number of nitrogens with one attached hydrogen (secondary N) is 1. The maximum Gasteiger partial charge on any atom is 0.221 e. The van der Waals surface area contributed by atoms with Crippen molar-refractivity contribution in [3.05, 3.63) is 29.3 Å². The maximum atomic E-state index is 11.9. The molecule has 1 aliphatic carbocycles. The Balaban J connectivity index is 1.64. The topological polar surface area (TPSA) is 55.1 Å². The van der Waals surface area contributed by atoms with Crippen LogP contribution < -0.4 is 11.1 Å². The molecule has 20 heavy (non-hydrogen) atoms. The second-order valence-electron chi connectivity index (χ2n) is 5.23. The van der Waals surface area contributed by atoms with Crippen molar-refractivity contribution < 1.29 is 4.79 Å². The molecule has 2 rings (SSSR count). The van der Waals surface area contributed by atoms with Crippen LogP contribution in [0.15, 0.2) is 29.2 Å². The molecule has 0 heterocycles. The molecule has 0 aromatic heterocycles. The van der Waals surface area contributed by atoms with Gasteiger partial charge in [0.1, 0.15) is 0 Å². The molecule has 0 atom stereocenters. The van der Waals surface area contributed by atoms with Crippen LogP contribution in [0.3, 0.4) is 0 Å².